The SMILES string of the molecule is Cc1cc(C#N)c(N2CC(CS(=O)(=O)Cl)CC2=O)s1. The van der Waals surface area contributed by atoms with Crippen LogP contribution in [0.25, 0.3) is 0 Å². The molecule has 2 heterocycles. The number of rotatable bonds is 3. The van der Waals surface area contributed by atoms with E-state index >= 15 is 0 Å². The number of carbonyl (C=O) groups is 1. The van der Waals surface area contributed by atoms with Crippen molar-refractivity contribution < 1.29 is 13.2 Å². The van der Waals surface area contributed by atoms with Crippen LogP contribution in [0.3, 0.4) is 0 Å². The van der Waals surface area contributed by atoms with Crippen LogP contribution in [0.5, 0.6) is 0 Å². The summed E-state index contributed by atoms with van der Waals surface area (Å²) in [4.78, 5) is 14.4. The second-order valence-electron chi connectivity index (χ2n) is 4.47. The number of nitriles is 1. The van der Waals surface area contributed by atoms with Gasteiger partial charge in [-0.1, -0.05) is 0 Å². The third kappa shape index (κ3) is 3.26. The molecule has 0 N–H and O–H groups in total. The lowest BCUT2D eigenvalue weighted by molar-refractivity contribution is -0.117. The molecule has 8 heteroatoms. The van der Waals surface area contributed by atoms with Crippen molar-refractivity contribution in [2.24, 2.45) is 5.92 Å². The predicted octanol–water partition coefficient (Wildman–Crippen LogP) is 1.85. The number of carbonyl (C=O) groups excluding carboxylic acids is 1. The highest BCUT2D eigenvalue weighted by Gasteiger charge is 2.34. The van der Waals surface area contributed by atoms with Crippen LogP contribution < -0.4 is 4.90 Å². The van der Waals surface area contributed by atoms with Gasteiger partial charge in [0.05, 0.1) is 11.3 Å². The molecule has 0 spiro atoms. The molecule has 1 atom stereocenters. The number of halogens is 1. The van der Waals surface area contributed by atoms with Crippen LogP contribution in [-0.2, 0) is 13.8 Å². The molecule has 0 aliphatic carbocycles. The molecule has 102 valence electrons. The van der Waals surface area contributed by atoms with E-state index in [1.54, 1.807) is 6.07 Å². The third-order valence-electron chi connectivity index (χ3n) is 2.84. The number of hydrogen-bond donors (Lipinski definition) is 0. The number of nitrogens with zero attached hydrogens (tertiary/aromatic N) is 2. The van der Waals surface area contributed by atoms with E-state index in [2.05, 4.69) is 0 Å². The Morgan fingerprint density at radius 2 is 2.32 bits per heavy atom. The van der Waals surface area contributed by atoms with Gasteiger partial charge in [0.15, 0.2) is 0 Å². The lowest BCUT2D eigenvalue weighted by Crippen LogP contribution is -2.25. The molecule has 2 rings (SSSR count). The highest BCUT2D eigenvalue weighted by Crippen LogP contribution is 2.35. The summed E-state index contributed by atoms with van der Waals surface area (Å²) in [6, 6.07) is 3.77. The second kappa shape index (κ2) is 5.12. The first-order valence-corrected chi connectivity index (χ1v) is 8.83. The fraction of sp³-hybridized carbons (Fsp3) is 0.455. The van der Waals surface area contributed by atoms with Crippen molar-refractivity contribution in [3.8, 4) is 6.07 Å². The molecular formula is C11H11ClN2O3S2. The highest BCUT2D eigenvalue weighted by atomic mass is 35.7. The van der Waals surface area contributed by atoms with Gasteiger partial charge < -0.3 is 4.90 Å². The van der Waals surface area contributed by atoms with Crippen molar-refractivity contribution in [1.29, 1.82) is 5.26 Å². The molecule has 1 saturated heterocycles. The molecule has 5 nitrogen and oxygen atoms in total. The predicted molar refractivity (Wildman–Crippen MR) is 73.9 cm³/mol. The first-order valence-electron chi connectivity index (χ1n) is 5.53. The van der Waals surface area contributed by atoms with Crippen molar-refractivity contribution in [1.82, 2.24) is 0 Å². The second-order valence-corrected chi connectivity index (χ2v) is 8.52. The Kier molecular flexibility index (Phi) is 3.85. The fourth-order valence-electron chi connectivity index (χ4n) is 2.15. The van der Waals surface area contributed by atoms with Crippen LogP contribution >= 0.6 is 22.0 Å². The van der Waals surface area contributed by atoms with Crippen molar-refractivity contribution >= 4 is 42.0 Å². The number of amides is 1. The summed E-state index contributed by atoms with van der Waals surface area (Å²) in [6.45, 7) is 2.15. The summed E-state index contributed by atoms with van der Waals surface area (Å²) in [5.41, 5.74) is 0.449. The average molecular weight is 319 g/mol. The Morgan fingerprint density at radius 1 is 1.63 bits per heavy atom. The van der Waals surface area contributed by atoms with E-state index in [-0.39, 0.29) is 24.0 Å². The maximum atomic E-state index is 11.9. The summed E-state index contributed by atoms with van der Waals surface area (Å²) in [6.07, 6.45) is 0.147. The molecular weight excluding hydrogens is 308 g/mol. The summed E-state index contributed by atoms with van der Waals surface area (Å²) in [7, 11) is 1.59. The first-order chi connectivity index (χ1) is 8.80. The summed E-state index contributed by atoms with van der Waals surface area (Å²) in [5, 5.41) is 9.63. The Morgan fingerprint density at radius 3 is 2.89 bits per heavy atom. The van der Waals surface area contributed by atoms with Gasteiger partial charge in [-0.3, -0.25) is 4.79 Å². The van der Waals surface area contributed by atoms with E-state index in [0.29, 0.717) is 17.1 Å². The highest BCUT2D eigenvalue weighted by molar-refractivity contribution is 8.13. The normalized spacial score (nSPS) is 19.7. The Balaban J connectivity index is 2.23. The molecule has 0 radical (unpaired) electrons. The zero-order valence-corrected chi connectivity index (χ0v) is 12.5. The molecule has 19 heavy (non-hydrogen) atoms. The zero-order valence-electron chi connectivity index (χ0n) is 10.1. The van der Waals surface area contributed by atoms with E-state index in [0.717, 1.165) is 4.88 Å². The van der Waals surface area contributed by atoms with Crippen LogP contribution in [-0.4, -0.2) is 26.6 Å². The topological polar surface area (TPSA) is 78.2 Å². The number of thiophene rings is 1. The van der Waals surface area contributed by atoms with Gasteiger partial charge in [0.2, 0.25) is 15.0 Å². The first kappa shape index (κ1) is 14.3. The van der Waals surface area contributed by atoms with Gasteiger partial charge in [-0.2, -0.15) is 5.26 Å². The molecule has 1 aliphatic rings. The van der Waals surface area contributed by atoms with Gasteiger partial charge in [0.1, 0.15) is 11.1 Å². The number of hydrogen-bond acceptors (Lipinski definition) is 5. The number of aryl methyl sites for hydroxylation is 1. The van der Waals surface area contributed by atoms with Crippen LogP contribution in [0.1, 0.15) is 16.9 Å². The molecule has 0 aromatic carbocycles. The molecule has 1 aromatic heterocycles. The van der Waals surface area contributed by atoms with Gasteiger partial charge in [-0.25, -0.2) is 8.42 Å². The van der Waals surface area contributed by atoms with Gasteiger partial charge in [-0.15, -0.1) is 11.3 Å². The van der Waals surface area contributed by atoms with E-state index in [1.807, 2.05) is 13.0 Å². The molecule has 0 saturated carbocycles. The van der Waals surface area contributed by atoms with E-state index < -0.39 is 9.05 Å². The minimum atomic E-state index is -3.62. The summed E-state index contributed by atoms with van der Waals surface area (Å²) >= 11 is 1.36. The molecule has 1 unspecified atom stereocenters. The summed E-state index contributed by atoms with van der Waals surface area (Å²) in [5.74, 6) is -0.698. The van der Waals surface area contributed by atoms with Gasteiger partial charge in [0, 0.05) is 34.4 Å². The standard InChI is InChI=1S/C11H11ClN2O3S2/c1-7-2-9(4-13)11(18-7)14-5-8(3-10(14)15)6-19(12,16)17/h2,8H,3,5-6H2,1H3. The van der Waals surface area contributed by atoms with Crippen LogP contribution in [0, 0.1) is 24.2 Å². The largest absolute Gasteiger partial charge is 0.302 e. The van der Waals surface area contributed by atoms with Gasteiger partial charge >= 0.3 is 0 Å². The molecule has 1 fully saturated rings. The average Bonchev–Trinajstić information content (AvgIpc) is 2.79. The lowest BCUT2D eigenvalue weighted by atomic mass is 10.1. The fourth-order valence-corrected chi connectivity index (χ4v) is 4.46. The van der Waals surface area contributed by atoms with Crippen molar-refractivity contribution in [2.75, 3.05) is 17.2 Å². The minimum Gasteiger partial charge on any atom is -0.302 e. The zero-order chi connectivity index (χ0) is 14.2. The smallest absolute Gasteiger partial charge is 0.232 e. The quantitative estimate of drug-likeness (QED) is 0.797. The van der Waals surface area contributed by atoms with Crippen LogP contribution in [0.4, 0.5) is 5.00 Å². The van der Waals surface area contributed by atoms with Crippen molar-refractivity contribution in [2.45, 2.75) is 13.3 Å². The summed E-state index contributed by atoms with van der Waals surface area (Å²) < 4.78 is 22.1. The van der Waals surface area contributed by atoms with Gasteiger partial charge in [-0.05, 0) is 13.0 Å². The Bertz CT molecular complexity index is 660. The maximum Gasteiger partial charge on any atom is 0.232 e. The van der Waals surface area contributed by atoms with E-state index in [9.17, 15) is 13.2 Å². The Hall–Kier alpha value is -1.10. The molecule has 1 amide bonds. The number of anilines is 1. The Labute approximate surface area is 119 Å². The van der Waals surface area contributed by atoms with E-state index in [4.69, 9.17) is 15.9 Å². The monoisotopic (exact) mass is 318 g/mol. The third-order valence-corrected chi connectivity index (χ3v) is 5.16. The van der Waals surface area contributed by atoms with E-state index in [1.165, 1.54) is 16.2 Å². The van der Waals surface area contributed by atoms with Gasteiger partial charge in [0.25, 0.3) is 0 Å². The van der Waals surface area contributed by atoms with Crippen molar-refractivity contribution in [3.63, 3.8) is 0 Å². The molecule has 1 aliphatic heterocycles. The molecule has 1 aromatic rings. The molecule has 0 bridgehead atoms. The lowest BCUT2D eigenvalue weighted by Gasteiger charge is -2.14. The van der Waals surface area contributed by atoms with Crippen LogP contribution in [0.2, 0.25) is 0 Å². The minimum absolute atomic E-state index is 0.147. The maximum absolute atomic E-state index is 11.9. The van der Waals surface area contributed by atoms with Crippen molar-refractivity contribution in [3.05, 3.63) is 16.5 Å². The van der Waals surface area contributed by atoms with Crippen LogP contribution in [0.15, 0.2) is 6.07 Å².